The molecule has 98 valence electrons. The van der Waals surface area contributed by atoms with Crippen molar-refractivity contribution in [3.05, 3.63) is 30.3 Å². The summed E-state index contributed by atoms with van der Waals surface area (Å²) in [4.78, 5) is 11.8. The van der Waals surface area contributed by atoms with Crippen LogP contribution < -0.4 is 10.6 Å². The lowest BCUT2D eigenvalue weighted by atomic mass is 9.95. The smallest absolute Gasteiger partial charge is 0.238 e. The van der Waals surface area contributed by atoms with Gasteiger partial charge in [-0.1, -0.05) is 18.2 Å². The van der Waals surface area contributed by atoms with Crippen molar-refractivity contribution in [2.45, 2.75) is 25.3 Å². The van der Waals surface area contributed by atoms with E-state index in [0.29, 0.717) is 13.2 Å². The van der Waals surface area contributed by atoms with Crippen LogP contribution in [0.25, 0.3) is 0 Å². The highest BCUT2D eigenvalue weighted by Crippen LogP contribution is 2.17. The SMILES string of the molecule is CC1(NCC(=O)Nc2ccccc2)CCCOC1. The Morgan fingerprint density at radius 3 is 2.83 bits per heavy atom. The molecule has 1 aromatic carbocycles. The lowest BCUT2D eigenvalue weighted by Crippen LogP contribution is -2.51. The number of carbonyl (C=O) groups excluding carboxylic acids is 1. The average Bonchev–Trinajstić information content (AvgIpc) is 2.39. The summed E-state index contributed by atoms with van der Waals surface area (Å²) in [5.41, 5.74) is 0.751. The molecule has 0 aliphatic carbocycles. The van der Waals surface area contributed by atoms with Gasteiger partial charge in [-0.25, -0.2) is 0 Å². The van der Waals surface area contributed by atoms with E-state index < -0.39 is 0 Å². The number of hydrogen-bond donors (Lipinski definition) is 2. The second-order valence-electron chi connectivity index (χ2n) is 4.98. The van der Waals surface area contributed by atoms with Crippen LogP contribution in [0.1, 0.15) is 19.8 Å². The van der Waals surface area contributed by atoms with Gasteiger partial charge >= 0.3 is 0 Å². The van der Waals surface area contributed by atoms with Crippen molar-refractivity contribution in [3.63, 3.8) is 0 Å². The first-order chi connectivity index (χ1) is 8.68. The maximum absolute atomic E-state index is 11.8. The quantitative estimate of drug-likeness (QED) is 0.854. The highest BCUT2D eigenvalue weighted by molar-refractivity contribution is 5.92. The Kier molecular flexibility index (Phi) is 4.33. The van der Waals surface area contributed by atoms with Gasteiger partial charge in [0.2, 0.25) is 5.91 Å². The predicted octanol–water partition coefficient (Wildman–Crippen LogP) is 1.78. The highest BCUT2D eigenvalue weighted by atomic mass is 16.5. The molecule has 0 saturated carbocycles. The van der Waals surface area contributed by atoms with Crippen molar-refractivity contribution >= 4 is 11.6 Å². The zero-order chi connectivity index (χ0) is 12.8. The Morgan fingerprint density at radius 1 is 1.39 bits per heavy atom. The summed E-state index contributed by atoms with van der Waals surface area (Å²) in [6.07, 6.45) is 2.09. The van der Waals surface area contributed by atoms with E-state index in [0.717, 1.165) is 25.1 Å². The highest BCUT2D eigenvalue weighted by Gasteiger charge is 2.27. The fraction of sp³-hybridized carbons (Fsp3) is 0.500. The second-order valence-corrected chi connectivity index (χ2v) is 4.98. The molecule has 1 aliphatic heterocycles. The van der Waals surface area contributed by atoms with Crippen LogP contribution in [0.15, 0.2) is 30.3 Å². The molecule has 1 aliphatic rings. The number of para-hydroxylation sites is 1. The summed E-state index contributed by atoms with van der Waals surface area (Å²) in [6.45, 7) is 3.91. The molecule has 0 radical (unpaired) electrons. The monoisotopic (exact) mass is 248 g/mol. The number of carbonyl (C=O) groups is 1. The van der Waals surface area contributed by atoms with Gasteiger partial charge in [-0.3, -0.25) is 4.79 Å². The minimum Gasteiger partial charge on any atom is -0.380 e. The van der Waals surface area contributed by atoms with Gasteiger partial charge in [0.15, 0.2) is 0 Å². The van der Waals surface area contributed by atoms with Crippen LogP contribution in [-0.2, 0) is 9.53 Å². The van der Waals surface area contributed by atoms with Crippen molar-refractivity contribution in [2.24, 2.45) is 0 Å². The molecule has 1 heterocycles. The Balaban J connectivity index is 1.78. The summed E-state index contributed by atoms with van der Waals surface area (Å²) in [7, 11) is 0. The number of anilines is 1. The zero-order valence-corrected chi connectivity index (χ0v) is 10.7. The van der Waals surface area contributed by atoms with Gasteiger partial charge in [-0.05, 0) is 31.9 Å². The molecule has 2 rings (SSSR count). The molecular weight excluding hydrogens is 228 g/mol. The van der Waals surface area contributed by atoms with E-state index in [4.69, 9.17) is 4.74 Å². The lowest BCUT2D eigenvalue weighted by Gasteiger charge is -2.34. The van der Waals surface area contributed by atoms with Gasteiger partial charge in [-0.15, -0.1) is 0 Å². The normalized spacial score (nSPS) is 23.6. The van der Waals surface area contributed by atoms with Gasteiger partial charge in [-0.2, -0.15) is 0 Å². The van der Waals surface area contributed by atoms with E-state index in [-0.39, 0.29) is 11.4 Å². The summed E-state index contributed by atoms with van der Waals surface area (Å²) in [6, 6.07) is 9.49. The molecule has 4 heteroatoms. The fourth-order valence-corrected chi connectivity index (χ4v) is 2.09. The van der Waals surface area contributed by atoms with Crippen molar-refractivity contribution in [2.75, 3.05) is 25.1 Å². The Hall–Kier alpha value is -1.39. The van der Waals surface area contributed by atoms with Crippen LogP contribution in [0.2, 0.25) is 0 Å². The van der Waals surface area contributed by atoms with Gasteiger partial charge in [0, 0.05) is 17.8 Å². The van der Waals surface area contributed by atoms with E-state index >= 15 is 0 Å². The topological polar surface area (TPSA) is 50.4 Å². The number of rotatable bonds is 4. The number of benzene rings is 1. The molecule has 1 unspecified atom stereocenters. The van der Waals surface area contributed by atoms with Gasteiger partial charge in [0.1, 0.15) is 0 Å². The fourth-order valence-electron chi connectivity index (χ4n) is 2.09. The minimum atomic E-state index is -0.0771. The molecule has 18 heavy (non-hydrogen) atoms. The first-order valence-electron chi connectivity index (χ1n) is 6.36. The molecular formula is C14H20N2O2. The third-order valence-corrected chi connectivity index (χ3v) is 3.17. The number of amides is 1. The third kappa shape index (κ3) is 3.82. The number of nitrogens with one attached hydrogen (secondary N) is 2. The van der Waals surface area contributed by atoms with E-state index in [1.165, 1.54) is 0 Å². The second kappa shape index (κ2) is 5.98. The predicted molar refractivity (Wildman–Crippen MR) is 71.5 cm³/mol. The molecule has 1 aromatic rings. The standard InChI is InChI=1S/C14H20N2O2/c1-14(8-5-9-18-11-14)15-10-13(17)16-12-6-3-2-4-7-12/h2-4,6-7,15H,5,8-11H2,1H3,(H,16,17). The summed E-state index contributed by atoms with van der Waals surface area (Å²) >= 11 is 0. The molecule has 2 N–H and O–H groups in total. The summed E-state index contributed by atoms with van der Waals surface area (Å²) in [5, 5.41) is 6.14. The van der Waals surface area contributed by atoms with E-state index in [9.17, 15) is 4.79 Å². The number of ether oxygens (including phenoxy) is 1. The summed E-state index contributed by atoms with van der Waals surface area (Å²) < 4.78 is 5.44. The largest absolute Gasteiger partial charge is 0.380 e. The van der Waals surface area contributed by atoms with Crippen molar-refractivity contribution in [1.82, 2.24) is 5.32 Å². The van der Waals surface area contributed by atoms with E-state index in [1.54, 1.807) is 0 Å². The zero-order valence-electron chi connectivity index (χ0n) is 10.7. The average molecular weight is 248 g/mol. The summed E-state index contributed by atoms with van der Waals surface area (Å²) in [5.74, 6) is -0.0204. The van der Waals surface area contributed by atoms with Crippen molar-refractivity contribution in [3.8, 4) is 0 Å². The van der Waals surface area contributed by atoms with Crippen LogP contribution in [0.4, 0.5) is 5.69 Å². The maximum Gasteiger partial charge on any atom is 0.238 e. The minimum absolute atomic E-state index is 0.0204. The van der Waals surface area contributed by atoms with Crippen LogP contribution in [0.5, 0.6) is 0 Å². The molecule has 1 fully saturated rings. The molecule has 0 aromatic heterocycles. The lowest BCUT2D eigenvalue weighted by molar-refractivity contribution is -0.116. The van der Waals surface area contributed by atoms with E-state index in [2.05, 4.69) is 17.6 Å². The van der Waals surface area contributed by atoms with Crippen molar-refractivity contribution < 1.29 is 9.53 Å². The Bertz CT molecular complexity index is 386. The number of hydrogen-bond acceptors (Lipinski definition) is 3. The van der Waals surface area contributed by atoms with Crippen molar-refractivity contribution in [1.29, 1.82) is 0 Å². The first kappa shape index (κ1) is 13.1. The molecule has 4 nitrogen and oxygen atoms in total. The Labute approximate surface area is 108 Å². The molecule has 1 atom stereocenters. The van der Waals surface area contributed by atoms with Gasteiger partial charge < -0.3 is 15.4 Å². The van der Waals surface area contributed by atoms with Gasteiger partial charge in [0.25, 0.3) is 0 Å². The molecule has 0 spiro atoms. The third-order valence-electron chi connectivity index (χ3n) is 3.17. The maximum atomic E-state index is 11.8. The first-order valence-corrected chi connectivity index (χ1v) is 6.36. The molecule has 1 amide bonds. The van der Waals surface area contributed by atoms with E-state index in [1.807, 2.05) is 30.3 Å². The van der Waals surface area contributed by atoms with Crippen LogP contribution in [0, 0.1) is 0 Å². The Morgan fingerprint density at radius 2 is 2.17 bits per heavy atom. The molecule has 0 bridgehead atoms. The van der Waals surface area contributed by atoms with Crippen LogP contribution in [0.3, 0.4) is 0 Å². The van der Waals surface area contributed by atoms with Gasteiger partial charge in [0.05, 0.1) is 13.2 Å². The molecule has 1 saturated heterocycles. The van der Waals surface area contributed by atoms with Crippen LogP contribution >= 0.6 is 0 Å². The van der Waals surface area contributed by atoms with Crippen LogP contribution in [-0.4, -0.2) is 31.2 Å².